The first kappa shape index (κ1) is 21.8. The zero-order valence-corrected chi connectivity index (χ0v) is 17.9. The molecule has 0 radical (unpaired) electrons. The minimum Gasteiger partial charge on any atom is -0.479 e. The predicted molar refractivity (Wildman–Crippen MR) is 111 cm³/mol. The molecule has 0 fully saturated rings. The van der Waals surface area contributed by atoms with Crippen LogP contribution in [-0.2, 0) is 20.9 Å². The lowest BCUT2D eigenvalue weighted by Gasteiger charge is -2.22. The molecule has 3 rings (SSSR count). The molecule has 2 aromatic rings. The van der Waals surface area contributed by atoms with Crippen molar-refractivity contribution in [2.24, 2.45) is 0 Å². The standard InChI is InChI=1S/C22H24ClNO6/c1-4-24(11-16-5-7-19-20(10-16)29-13-28-19)21(25)12-27-22(26)15(3)30-18-8-6-17(23)9-14(18)2/h5-10,15H,4,11-13H2,1-3H3. The number of likely N-dealkylation sites (N-methyl/N-ethyl adjacent to an activating group) is 1. The number of halogens is 1. The maximum atomic E-state index is 12.5. The van der Waals surface area contributed by atoms with Crippen molar-refractivity contribution in [3.8, 4) is 17.2 Å². The number of fused-ring (bicyclic) bond motifs is 1. The van der Waals surface area contributed by atoms with Crippen LogP contribution < -0.4 is 14.2 Å². The van der Waals surface area contributed by atoms with Gasteiger partial charge in [-0.3, -0.25) is 4.79 Å². The number of nitrogens with zero attached hydrogens (tertiary/aromatic N) is 1. The van der Waals surface area contributed by atoms with Crippen molar-refractivity contribution in [1.29, 1.82) is 0 Å². The van der Waals surface area contributed by atoms with Crippen LogP contribution in [-0.4, -0.2) is 42.8 Å². The van der Waals surface area contributed by atoms with E-state index in [4.69, 9.17) is 30.5 Å². The second kappa shape index (κ2) is 9.71. The minimum atomic E-state index is -0.860. The topological polar surface area (TPSA) is 74.3 Å². The van der Waals surface area contributed by atoms with Gasteiger partial charge in [0.05, 0.1) is 0 Å². The van der Waals surface area contributed by atoms with Crippen LogP contribution >= 0.6 is 11.6 Å². The van der Waals surface area contributed by atoms with Crippen LogP contribution in [0, 0.1) is 6.92 Å². The second-order valence-electron chi connectivity index (χ2n) is 6.87. The van der Waals surface area contributed by atoms with Crippen molar-refractivity contribution in [3.05, 3.63) is 52.5 Å². The monoisotopic (exact) mass is 433 g/mol. The highest BCUT2D eigenvalue weighted by Crippen LogP contribution is 2.32. The fraction of sp³-hybridized carbons (Fsp3) is 0.364. The first-order valence-corrected chi connectivity index (χ1v) is 10.0. The molecular formula is C22H24ClNO6. The fourth-order valence-corrected chi connectivity index (χ4v) is 3.19. The molecular weight excluding hydrogens is 410 g/mol. The minimum absolute atomic E-state index is 0.195. The van der Waals surface area contributed by atoms with Gasteiger partial charge in [0.2, 0.25) is 6.79 Å². The number of hydrogen-bond acceptors (Lipinski definition) is 6. The molecule has 1 amide bonds. The summed E-state index contributed by atoms with van der Waals surface area (Å²) in [6, 6.07) is 10.6. The number of ether oxygens (including phenoxy) is 4. The van der Waals surface area contributed by atoms with Crippen LogP contribution in [0.1, 0.15) is 25.0 Å². The Morgan fingerprint density at radius 1 is 1.17 bits per heavy atom. The number of carbonyl (C=O) groups excluding carboxylic acids is 2. The molecule has 0 spiro atoms. The smallest absolute Gasteiger partial charge is 0.347 e. The molecule has 2 aromatic carbocycles. The van der Waals surface area contributed by atoms with Crippen LogP contribution in [0.2, 0.25) is 5.02 Å². The summed E-state index contributed by atoms with van der Waals surface area (Å²) in [6.45, 7) is 5.96. The van der Waals surface area contributed by atoms with Crippen LogP contribution in [0.3, 0.4) is 0 Å². The highest BCUT2D eigenvalue weighted by atomic mass is 35.5. The quantitative estimate of drug-likeness (QED) is 0.590. The highest BCUT2D eigenvalue weighted by molar-refractivity contribution is 6.30. The number of amides is 1. The van der Waals surface area contributed by atoms with Crippen molar-refractivity contribution in [1.82, 2.24) is 4.90 Å². The average molecular weight is 434 g/mol. The van der Waals surface area contributed by atoms with Gasteiger partial charge in [-0.15, -0.1) is 0 Å². The molecule has 1 atom stereocenters. The predicted octanol–water partition coefficient (Wildman–Crippen LogP) is 3.74. The van der Waals surface area contributed by atoms with E-state index in [1.807, 2.05) is 32.0 Å². The molecule has 7 nitrogen and oxygen atoms in total. The van der Waals surface area contributed by atoms with Gasteiger partial charge in [-0.05, 0) is 62.2 Å². The summed E-state index contributed by atoms with van der Waals surface area (Å²) in [5, 5.41) is 0.586. The van der Waals surface area contributed by atoms with Gasteiger partial charge in [-0.25, -0.2) is 4.79 Å². The fourth-order valence-electron chi connectivity index (χ4n) is 2.96. The van der Waals surface area contributed by atoms with E-state index in [0.717, 1.165) is 11.1 Å². The van der Waals surface area contributed by atoms with E-state index < -0.39 is 12.1 Å². The maximum Gasteiger partial charge on any atom is 0.347 e. The van der Waals surface area contributed by atoms with Crippen molar-refractivity contribution in [3.63, 3.8) is 0 Å². The molecule has 0 bridgehead atoms. The van der Waals surface area contributed by atoms with Crippen LogP contribution in [0.25, 0.3) is 0 Å². The van der Waals surface area contributed by atoms with E-state index in [-0.39, 0.29) is 19.3 Å². The Kier molecular flexibility index (Phi) is 7.05. The number of aryl methyl sites for hydroxylation is 1. The lowest BCUT2D eigenvalue weighted by molar-refractivity contribution is -0.157. The summed E-state index contributed by atoms with van der Waals surface area (Å²) in [5.74, 6) is 0.973. The van der Waals surface area contributed by atoms with Crippen LogP contribution in [0.5, 0.6) is 17.2 Å². The summed E-state index contributed by atoms with van der Waals surface area (Å²) in [4.78, 5) is 26.4. The van der Waals surface area contributed by atoms with Crippen molar-refractivity contribution < 1.29 is 28.5 Å². The molecule has 0 aromatic heterocycles. The third-order valence-corrected chi connectivity index (χ3v) is 4.89. The van der Waals surface area contributed by atoms with Gasteiger partial charge in [-0.1, -0.05) is 17.7 Å². The Bertz CT molecular complexity index is 932. The number of rotatable bonds is 8. The van der Waals surface area contributed by atoms with E-state index in [2.05, 4.69) is 0 Å². The molecule has 0 aliphatic carbocycles. The number of esters is 1. The number of carbonyl (C=O) groups is 2. The maximum absolute atomic E-state index is 12.5. The first-order chi connectivity index (χ1) is 14.4. The Balaban J connectivity index is 1.51. The second-order valence-corrected chi connectivity index (χ2v) is 7.31. The summed E-state index contributed by atoms with van der Waals surface area (Å²) >= 11 is 5.93. The van der Waals surface area contributed by atoms with E-state index in [1.165, 1.54) is 0 Å². The SMILES string of the molecule is CCN(Cc1ccc2c(c1)OCO2)C(=O)COC(=O)C(C)Oc1ccc(Cl)cc1C. The van der Waals surface area contributed by atoms with Gasteiger partial charge >= 0.3 is 5.97 Å². The summed E-state index contributed by atoms with van der Waals surface area (Å²) < 4.78 is 21.5. The molecule has 8 heteroatoms. The Morgan fingerprint density at radius 2 is 1.93 bits per heavy atom. The van der Waals surface area contributed by atoms with Crippen molar-refractivity contribution >= 4 is 23.5 Å². The number of benzene rings is 2. The zero-order chi connectivity index (χ0) is 21.7. The Morgan fingerprint density at radius 3 is 2.67 bits per heavy atom. The van der Waals surface area contributed by atoms with Gasteiger partial charge in [-0.2, -0.15) is 0 Å². The molecule has 0 saturated carbocycles. The largest absolute Gasteiger partial charge is 0.479 e. The van der Waals surface area contributed by atoms with E-state index in [9.17, 15) is 9.59 Å². The third kappa shape index (κ3) is 5.36. The lowest BCUT2D eigenvalue weighted by Crippen LogP contribution is -2.36. The molecule has 1 aliphatic heterocycles. The number of hydrogen-bond donors (Lipinski definition) is 0. The summed E-state index contributed by atoms with van der Waals surface area (Å²) in [5.41, 5.74) is 1.70. The molecule has 30 heavy (non-hydrogen) atoms. The Labute approximate surface area is 180 Å². The molecule has 1 aliphatic rings. The molecule has 0 saturated heterocycles. The van der Waals surface area contributed by atoms with E-state index in [0.29, 0.717) is 35.4 Å². The van der Waals surface area contributed by atoms with Gasteiger partial charge < -0.3 is 23.8 Å². The normalized spacial score (nSPS) is 12.9. The average Bonchev–Trinajstić information content (AvgIpc) is 3.19. The molecule has 1 unspecified atom stereocenters. The molecule has 0 N–H and O–H groups in total. The molecule has 160 valence electrons. The van der Waals surface area contributed by atoms with Gasteiger partial charge in [0.15, 0.2) is 24.2 Å². The van der Waals surface area contributed by atoms with Crippen molar-refractivity contribution in [2.75, 3.05) is 19.9 Å². The van der Waals surface area contributed by atoms with E-state index >= 15 is 0 Å². The summed E-state index contributed by atoms with van der Waals surface area (Å²) in [7, 11) is 0. The zero-order valence-electron chi connectivity index (χ0n) is 17.1. The van der Waals surface area contributed by atoms with Crippen molar-refractivity contribution in [2.45, 2.75) is 33.4 Å². The van der Waals surface area contributed by atoms with Gasteiger partial charge in [0.1, 0.15) is 5.75 Å². The lowest BCUT2D eigenvalue weighted by atomic mass is 10.2. The highest BCUT2D eigenvalue weighted by Gasteiger charge is 2.21. The van der Waals surface area contributed by atoms with Gasteiger partial charge in [0, 0.05) is 18.1 Å². The van der Waals surface area contributed by atoms with Crippen LogP contribution in [0.4, 0.5) is 0 Å². The summed E-state index contributed by atoms with van der Waals surface area (Å²) in [6.07, 6.45) is -0.860. The third-order valence-electron chi connectivity index (χ3n) is 4.66. The molecule has 1 heterocycles. The van der Waals surface area contributed by atoms with Gasteiger partial charge in [0.25, 0.3) is 5.91 Å². The van der Waals surface area contributed by atoms with E-state index in [1.54, 1.807) is 30.0 Å². The van der Waals surface area contributed by atoms with Crippen LogP contribution in [0.15, 0.2) is 36.4 Å². The Hall–Kier alpha value is -2.93. The first-order valence-electron chi connectivity index (χ1n) is 9.63.